The van der Waals surface area contributed by atoms with Crippen LogP contribution in [0.3, 0.4) is 0 Å². The van der Waals surface area contributed by atoms with Crippen LogP contribution in [0.4, 0.5) is 4.39 Å². The third-order valence-corrected chi connectivity index (χ3v) is 6.96. The number of benzene rings is 1. The van der Waals surface area contributed by atoms with Crippen molar-refractivity contribution in [1.29, 1.82) is 0 Å². The molecule has 24 heavy (non-hydrogen) atoms. The first-order valence-corrected chi connectivity index (χ1v) is 8.86. The number of fused-ring (bicyclic) bond motifs is 5. The molecule has 2 aliphatic rings. The van der Waals surface area contributed by atoms with Crippen LogP contribution in [0.5, 0.6) is 0 Å². The molecule has 1 aromatic heterocycles. The summed E-state index contributed by atoms with van der Waals surface area (Å²) in [6, 6.07) is 4.66. The van der Waals surface area contributed by atoms with Crippen molar-refractivity contribution in [1.82, 2.24) is 9.36 Å². The van der Waals surface area contributed by atoms with E-state index in [1.807, 2.05) is 6.92 Å². The second-order valence-corrected chi connectivity index (χ2v) is 8.17. The van der Waals surface area contributed by atoms with Crippen molar-refractivity contribution >= 4 is 0 Å². The van der Waals surface area contributed by atoms with E-state index in [0.717, 1.165) is 36.2 Å². The van der Waals surface area contributed by atoms with Crippen molar-refractivity contribution in [2.75, 3.05) is 0 Å². The molecule has 0 amide bonds. The molecule has 1 fully saturated rings. The van der Waals surface area contributed by atoms with E-state index in [0.29, 0.717) is 5.92 Å². The van der Waals surface area contributed by atoms with Crippen LogP contribution >= 0.6 is 0 Å². The first-order chi connectivity index (χ1) is 11.2. The number of aromatic nitrogens is 2. The summed E-state index contributed by atoms with van der Waals surface area (Å²) in [7, 11) is 0. The van der Waals surface area contributed by atoms with E-state index in [1.165, 1.54) is 17.8 Å². The Morgan fingerprint density at radius 2 is 2.00 bits per heavy atom. The van der Waals surface area contributed by atoms with Crippen molar-refractivity contribution in [2.24, 2.45) is 5.41 Å². The van der Waals surface area contributed by atoms with Gasteiger partial charge in [-0.1, -0.05) is 20.8 Å². The first kappa shape index (κ1) is 15.7. The lowest BCUT2D eigenvalue weighted by Gasteiger charge is -2.36. The zero-order valence-electron chi connectivity index (χ0n) is 15.1. The predicted molar refractivity (Wildman–Crippen MR) is 93.5 cm³/mol. The number of aryl methyl sites for hydroxylation is 1. The third kappa shape index (κ3) is 1.59. The minimum absolute atomic E-state index is 0.0291. The highest BCUT2D eigenvalue weighted by molar-refractivity contribution is 5.49. The fourth-order valence-corrected chi connectivity index (χ4v) is 5.29. The summed E-state index contributed by atoms with van der Waals surface area (Å²) in [5.74, 6) is 0.0596. The molecule has 0 unspecified atom stereocenters. The average molecular weight is 328 g/mol. The van der Waals surface area contributed by atoms with Gasteiger partial charge < -0.3 is 0 Å². The zero-order chi connectivity index (χ0) is 17.4. The molecule has 3 nitrogen and oxygen atoms in total. The van der Waals surface area contributed by atoms with E-state index in [1.54, 1.807) is 10.7 Å². The Labute approximate surface area is 142 Å². The van der Waals surface area contributed by atoms with E-state index in [-0.39, 0.29) is 22.2 Å². The minimum atomic E-state index is -0.264. The molecule has 4 rings (SSSR count). The Hall–Kier alpha value is -1.84. The van der Waals surface area contributed by atoms with Crippen LogP contribution in [0.15, 0.2) is 23.0 Å². The summed E-state index contributed by atoms with van der Waals surface area (Å²) >= 11 is 0. The quantitative estimate of drug-likeness (QED) is 0.808. The van der Waals surface area contributed by atoms with Gasteiger partial charge in [-0.25, -0.2) is 9.07 Å². The first-order valence-electron chi connectivity index (χ1n) is 8.86. The van der Waals surface area contributed by atoms with Crippen molar-refractivity contribution in [3.63, 3.8) is 0 Å². The van der Waals surface area contributed by atoms with Crippen LogP contribution in [-0.2, 0) is 12.0 Å². The van der Waals surface area contributed by atoms with Crippen molar-refractivity contribution < 1.29 is 4.39 Å². The maximum absolute atomic E-state index is 13.5. The highest BCUT2D eigenvalue weighted by atomic mass is 19.1. The topological polar surface area (TPSA) is 26.9 Å². The monoisotopic (exact) mass is 328 g/mol. The van der Waals surface area contributed by atoms with E-state index >= 15 is 0 Å². The molecule has 2 atom stereocenters. The molecule has 0 spiro atoms. The summed E-state index contributed by atoms with van der Waals surface area (Å²) in [5, 5.41) is 0. The molecular weight excluding hydrogens is 303 g/mol. The summed E-state index contributed by atoms with van der Waals surface area (Å²) in [5.41, 5.74) is 4.02. The van der Waals surface area contributed by atoms with Gasteiger partial charge in [0, 0.05) is 17.5 Å². The largest absolute Gasteiger partial charge is 0.281 e. The lowest BCUT2D eigenvalue weighted by atomic mass is 9.70. The van der Waals surface area contributed by atoms with Gasteiger partial charge in [-0.3, -0.25) is 9.48 Å². The highest BCUT2D eigenvalue weighted by Gasteiger charge is 2.62. The molecule has 0 N–H and O–H groups in total. The molecule has 1 saturated carbocycles. The molecule has 2 aliphatic carbocycles. The van der Waals surface area contributed by atoms with Gasteiger partial charge in [0.2, 0.25) is 0 Å². The van der Waals surface area contributed by atoms with Gasteiger partial charge in [-0.2, -0.15) is 0 Å². The molecule has 128 valence electrons. The Morgan fingerprint density at radius 1 is 1.29 bits per heavy atom. The number of hydrogen-bond donors (Lipinski definition) is 0. The van der Waals surface area contributed by atoms with Crippen LogP contribution in [0.2, 0.25) is 0 Å². The Morgan fingerprint density at radius 3 is 2.62 bits per heavy atom. The molecule has 0 radical (unpaired) electrons. The van der Waals surface area contributed by atoms with Crippen LogP contribution in [0.25, 0.3) is 5.69 Å². The van der Waals surface area contributed by atoms with Gasteiger partial charge in [0.1, 0.15) is 5.82 Å². The molecule has 1 heterocycles. The highest BCUT2D eigenvalue weighted by Crippen LogP contribution is 2.67. The van der Waals surface area contributed by atoms with Gasteiger partial charge in [-0.05, 0) is 61.8 Å². The second-order valence-electron chi connectivity index (χ2n) is 8.17. The van der Waals surface area contributed by atoms with Crippen LogP contribution in [0.1, 0.15) is 63.3 Å². The smallest absolute Gasteiger partial charge is 0.275 e. The van der Waals surface area contributed by atoms with Crippen LogP contribution in [0, 0.1) is 18.2 Å². The maximum atomic E-state index is 13.5. The molecule has 0 saturated heterocycles. The summed E-state index contributed by atoms with van der Waals surface area (Å²) < 4.78 is 17.4. The summed E-state index contributed by atoms with van der Waals surface area (Å²) in [6.45, 7) is 11.6. The SMILES string of the molecule is CCn1c2c(c(=O)n1-c1ccc(F)cc1C)[C@H]1CC[C@]2(C)C1(C)C. The Balaban J connectivity index is 2.05. The number of hydrogen-bond acceptors (Lipinski definition) is 1. The van der Waals surface area contributed by atoms with Crippen LogP contribution < -0.4 is 5.56 Å². The lowest BCUT2D eigenvalue weighted by Crippen LogP contribution is -2.36. The molecular formula is C20H25FN2O. The van der Waals surface area contributed by atoms with E-state index < -0.39 is 0 Å². The van der Waals surface area contributed by atoms with Crippen LogP contribution in [-0.4, -0.2) is 9.36 Å². The lowest BCUT2D eigenvalue weighted by molar-refractivity contribution is 0.216. The summed E-state index contributed by atoms with van der Waals surface area (Å²) in [6.07, 6.45) is 2.21. The summed E-state index contributed by atoms with van der Waals surface area (Å²) in [4.78, 5) is 13.3. The van der Waals surface area contributed by atoms with Gasteiger partial charge in [0.05, 0.1) is 11.4 Å². The van der Waals surface area contributed by atoms with Crippen molar-refractivity contribution in [3.05, 3.63) is 51.2 Å². The average Bonchev–Trinajstić information content (AvgIpc) is 2.99. The number of rotatable bonds is 2. The van der Waals surface area contributed by atoms with Crippen molar-refractivity contribution in [2.45, 2.75) is 65.3 Å². The standard InChI is InChI=1S/C20H25FN2O/c1-6-22-17-16(14-9-10-20(17,5)19(14,3)4)18(24)23(22)15-8-7-13(21)11-12(15)2/h7-8,11,14H,6,9-10H2,1-5H3/t14-,20+/m1/s1. The molecule has 4 heteroatoms. The predicted octanol–water partition coefficient (Wildman–Crippen LogP) is 4.28. The molecule has 0 aliphatic heterocycles. The molecule has 1 aromatic carbocycles. The van der Waals surface area contributed by atoms with E-state index in [4.69, 9.17) is 0 Å². The second kappa shape index (κ2) is 4.62. The van der Waals surface area contributed by atoms with Gasteiger partial charge in [0.25, 0.3) is 5.56 Å². The molecule has 2 bridgehead atoms. The van der Waals surface area contributed by atoms with Crippen molar-refractivity contribution in [3.8, 4) is 5.69 Å². The van der Waals surface area contributed by atoms with Gasteiger partial charge in [0.15, 0.2) is 0 Å². The molecule has 2 aromatic rings. The Kier molecular flexibility index (Phi) is 3.02. The minimum Gasteiger partial charge on any atom is -0.281 e. The fourth-order valence-electron chi connectivity index (χ4n) is 5.29. The third-order valence-electron chi connectivity index (χ3n) is 6.96. The Bertz CT molecular complexity index is 905. The van der Waals surface area contributed by atoms with Gasteiger partial charge in [-0.15, -0.1) is 0 Å². The fraction of sp³-hybridized carbons (Fsp3) is 0.550. The maximum Gasteiger partial charge on any atom is 0.275 e. The zero-order valence-corrected chi connectivity index (χ0v) is 15.1. The van der Waals surface area contributed by atoms with Gasteiger partial charge >= 0.3 is 0 Å². The van der Waals surface area contributed by atoms with E-state index in [2.05, 4.69) is 32.4 Å². The number of nitrogens with zero attached hydrogens (tertiary/aromatic N) is 2. The normalized spacial score (nSPS) is 26.8. The van der Waals surface area contributed by atoms with E-state index in [9.17, 15) is 9.18 Å². The number of halogens is 1.